The minimum atomic E-state index is -3.89. The van der Waals surface area contributed by atoms with Gasteiger partial charge in [-0.15, -0.1) is 0 Å². The lowest BCUT2D eigenvalue weighted by Gasteiger charge is -2.33. The Bertz CT molecular complexity index is 880. The highest BCUT2D eigenvalue weighted by molar-refractivity contribution is 7.89. The largest absolute Gasteiger partial charge is 0.351 e. The highest BCUT2D eigenvalue weighted by atomic mass is 32.2. The number of hydrogen-bond acceptors (Lipinski definition) is 3. The number of amides is 1. The minimum Gasteiger partial charge on any atom is -0.351 e. The van der Waals surface area contributed by atoms with Gasteiger partial charge in [0.25, 0.3) is 0 Å². The fraction of sp³-hybridized carbons (Fsp3) is 0.381. The van der Waals surface area contributed by atoms with E-state index in [1.54, 1.807) is 0 Å². The smallest absolute Gasteiger partial charge is 0.243 e. The van der Waals surface area contributed by atoms with E-state index < -0.39 is 15.8 Å². The Kier molecular flexibility index (Phi) is 6.80. The van der Waals surface area contributed by atoms with Crippen LogP contribution in [0.15, 0.2) is 59.5 Å². The molecule has 0 radical (unpaired) electrons. The lowest BCUT2D eigenvalue weighted by atomic mass is 9.95. The maximum atomic E-state index is 13.2. The van der Waals surface area contributed by atoms with Gasteiger partial charge < -0.3 is 5.32 Å². The van der Waals surface area contributed by atoms with Crippen molar-refractivity contribution in [3.05, 3.63) is 66.0 Å². The summed E-state index contributed by atoms with van der Waals surface area (Å²) in [5.41, 5.74) is 0.946. The molecule has 2 aromatic carbocycles. The highest BCUT2D eigenvalue weighted by Crippen LogP contribution is 2.27. The van der Waals surface area contributed by atoms with E-state index in [4.69, 9.17) is 0 Å². The summed E-state index contributed by atoms with van der Waals surface area (Å²) in [6.07, 6.45) is 4.40. The van der Waals surface area contributed by atoms with Gasteiger partial charge in [-0.05, 0) is 42.7 Å². The van der Waals surface area contributed by atoms with Gasteiger partial charge in [-0.2, -0.15) is 4.31 Å². The van der Waals surface area contributed by atoms with Crippen molar-refractivity contribution >= 4 is 15.9 Å². The Morgan fingerprint density at radius 1 is 1.00 bits per heavy atom. The fourth-order valence-electron chi connectivity index (χ4n) is 3.52. The molecule has 7 heteroatoms. The number of sulfonamides is 1. The van der Waals surface area contributed by atoms with Crippen LogP contribution in [-0.4, -0.2) is 31.2 Å². The molecule has 150 valence electrons. The second-order valence-electron chi connectivity index (χ2n) is 7.06. The number of rotatable bonds is 7. The Morgan fingerprint density at radius 2 is 1.64 bits per heavy atom. The van der Waals surface area contributed by atoms with Crippen LogP contribution in [0.2, 0.25) is 0 Å². The van der Waals surface area contributed by atoms with Gasteiger partial charge in [-0.25, -0.2) is 12.8 Å². The van der Waals surface area contributed by atoms with E-state index in [1.165, 1.54) is 16.4 Å². The maximum Gasteiger partial charge on any atom is 0.243 e. The fourth-order valence-corrected chi connectivity index (χ4v) is 5.16. The molecule has 1 amide bonds. The third-order valence-corrected chi connectivity index (χ3v) is 6.95. The molecule has 2 aromatic rings. The number of nitrogens with zero attached hydrogens (tertiary/aromatic N) is 1. The van der Waals surface area contributed by atoms with E-state index in [2.05, 4.69) is 5.32 Å². The summed E-state index contributed by atoms with van der Waals surface area (Å²) in [7, 11) is -3.89. The first-order valence-electron chi connectivity index (χ1n) is 9.55. The number of carbonyl (C=O) groups excluding carboxylic acids is 1. The Hall–Kier alpha value is -2.25. The van der Waals surface area contributed by atoms with Crippen LogP contribution in [0.1, 0.15) is 37.7 Å². The lowest BCUT2D eigenvalue weighted by Crippen LogP contribution is -2.46. The van der Waals surface area contributed by atoms with Crippen molar-refractivity contribution in [1.29, 1.82) is 0 Å². The molecule has 0 atom stereocenters. The van der Waals surface area contributed by atoms with Crippen LogP contribution < -0.4 is 5.32 Å². The van der Waals surface area contributed by atoms with Gasteiger partial charge in [0.1, 0.15) is 5.82 Å². The monoisotopic (exact) mass is 404 g/mol. The van der Waals surface area contributed by atoms with Gasteiger partial charge in [0.2, 0.25) is 15.9 Å². The second kappa shape index (κ2) is 9.30. The van der Waals surface area contributed by atoms with Crippen molar-refractivity contribution in [1.82, 2.24) is 9.62 Å². The molecule has 1 fully saturated rings. The van der Waals surface area contributed by atoms with Gasteiger partial charge in [0.15, 0.2) is 0 Å². The van der Waals surface area contributed by atoms with Crippen LogP contribution in [0.25, 0.3) is 0 Å². The molecule has 0 aromatic heterocycles. The lowest BCUT2D eigenvalue weighted by molar-refractivity contribution is -0.121. The second-order valence-corrected chi connectivity index (χ2v) is 8.95. The molecular weight excluding hydrogens is 379 g/mol. The van der Waals surface area contributed by atoms with Gasteiger partial charge >= 0.3 is 0 Å². The normalized spacial score (nSPS) is 15.5. The van der Waals surface area contributed by atoms with Gasteiger partial charge in [-0.1, -0.05) is 49.6 Å². The van der Waals surface area contributed by atoms with Crippen molar-refractivity contribution in [2.24, 2.45) is 0 Å². The van der Waals surface area contributed by atoms with E-state index in [9.17, 15) is 17.6 Å². The Balaban J connectivity index is 1.76. The van der Waals surface area contributed by atoms with E-state index in [-0.39, 0.29) is 23.4 Å². The SMILES string of the molecule is O=C(CN(C1CCCCC1)S(=O)(=O)c1ccc(F)cc1)NCc1ccccc1. The average Bonchev–Trinajstić information content (AvgIpc) is 2.72. The molecule has 1 N–H and O–H groups in total. The number of hydrogen-bond donors (Lipinski definition) is 1. The van der Waals surface area contributed by atoms with Gasteiger partial charge in [0, 0.05) is 12.6 Å². The van der Waals surface area contributed by atoms with Crippen LogP contribution in [0.3, 0.4) is 0 Å². The van der Waals surface area contributed by atoms with Gasteiger partial charge in [-0.3, -0.25) is 4.79 Å². The quantitative estimate of drug-likeness (QED) is 0.768. The van der Waals surface area contributed by atoms with Crippen LogP contribution in [-0.2, 0) is 21.4 Å². The van der Waals surface area contributed by atoms with Crippen molar-refractivity contribution in [2.45, 2.75) is 49.6 Å². The number of carbonyl (C=O) groups is 1. The van der Waals surface area contributed by atoms with Crippen molar-refractivity contribution in [3.63, 3.8) is 0 Å². The topological polar surface area (TPSA) is 66.5 Å². The summed E-state index contributed by atoms with van der Waals surface area (Å²) in [6.45, 7) is 0.103. The molecule has 0 spiro atoms. The maximum absolute atomic E-state index is 13.2. The third-order valence-electron chi connectivity index (χ3n) is 5.03. The van der Waals surface area contributed by atoms with Crippen LogP contribution >= 0.6 is 0 Å². The van der Waals surface area contributed by atoms with Crippen LogP contribution in [0, 0.1) is 5.82 Å². The summed E-state index contributed by atoms with van der Waals surface area (Å²) < 4.78 is 40.9. The number of nitrogens with one attached hydrogen (secondary N) is 1. The highest BCUT2D eigenvalue weighted by Gasteiger charge is 2.33. The Morgan fingerprint density at radius 3 is 2.29 bits per heavy atom. The molecule has 0 unspecified atom stereocenters. The number of halogens is 1. The van der Waals surface area contributed by atoms with Crippen molar-refractivity contribution in [2.75, 3.05) is 6.54 Å². The zero-order valence-corrected chi connectivity index (χ0v) is 16.5. The van der Waals surface area contributed by atoms with E-state index in [1.807, 2.05) is 30.3 Å². The molecule has 1 aliphatic rings. The standard InChI is InChI=1S/C21H25FN2O3S/c22-18-11-13-20(14-12-18)28(26,27)24(19-9-5-2-6-10-19)16-21(25)23-15-17-7-3-1-4-8-17/h1,3-4,7-8,11-14,19H,2,5-6,9-10,15-16H2,(H,23,25). The molecule has 1 aliphatic carbocycles. The zero-order chi connectivity index (χ0) is 20.0. The molecule has 0 saturated heterocycles. The minimum absolute atomic E-state index is 0.00957. The third kappa shape index (κ3) is 5.17. The predicted octanol–water partition coefficient (Wildman–Crippen LogP) is 3.47. The van der Waals surface area contributed by atoms with Crippen LogP contribution in [0.5, 0.6) is 0 Å². The first-order valence-corrected chi connectivity index (χ1v) is 11.0. The molecule has 0 aliphatic heterocycles. The summed E-state index contributed by atoms with van der Waals surface area (Å²) in [5.74, 6) is -0.844. The Labute approximate surface area is 165 Å². The number of benzene rings is 2. The molecular formula is C21H25FN2O3S. The molecule has 5 nitrogen and oxygen atoms in total. The van der Waals surface area contributed by atoms with E-state index in [0.29, 0.717) is 6.54 Å². The summed E-state index contributed by atoms with van der Waals surface area (Å²) >= 11 is 0. The molecule has 0 bridgehead atoms. The molecule has 0 heterocycles. The van der Waals surface area contributed by atoms with E-state index in [0.717, 1.165) is 49.8 Å². The van der Waals surface area contributed by atoms with Crippen molar-refractivity contribution in [3.8, 4) is 0 Å². The summed E-state index contributed by atoms with van der Waals surface area (Å²) in [6, 6.07) is 14.0. The average molecular weight is 405 g/mol. The first-order chi connectivity index (χ1) is 13.5. The molecule has 3 rings (SSSR count). The van der Waals surface area contributed by atoms with Crippen molar-refractivity contribution < 1.29 is 17.6 Å². The first kappa shape index (κ1) is 20.5. The van der Waals surface area contributed by atoms with Gasteiger partial charge in [0.05, 0.1) is 11.4 Å². The van der Waals surface area contributed by atoms with Crippen LogP contribution in [0.4, 0.5) is 4.39 Å². The summed E-state index contributed by atoms with van der Waals surface area (Å²) in [5, 5.41) is 2.80. The molecule has 1 saturated carbocycles. The molecule has 28 heavy (non-hydrogen) atoms. The zero-order valence-electron chi connectivity index (χ0n) is 15.7. The predicted molar refractivity (Wildman–Crippen MR) is 105 cm³/mol. The summed E-state index contributed by atoms with van der Waals surface area (Å²) in [4.78, 5) is 12.5. The van der Waals surface area contributed by atoms with E-state index >= 15 is 0 Å².